The molecular formula is C12H17N3O2S. The number of nitrogens with two attached hydrogens (primary N) is 1. The maximum absolute atomic E-state index is 12.1. The van der Waals surface area contributed by atoms with Gasteiger partial charge in [-0.25, -0.2) is 4.98 Å². The number of nitrogens with zero attached hydrogens (tertiary/aromatic N) is 1. The van der Waals surface area contributed by atoms with Crippen LogP contribution in [0.4, 0.5) is 0 Å². The Morgan fingerprint density at radius 3 is 3.06 bits per heavy atom. The van der Waals surface area contributed by atoms with Gasteiger partial charge in [0, 0.05) is 18.5 Å². The highest BCUT2D eigenvalue weighted by atomic mass is 32.1. The first-order chi connectivity index (χ1) is 8.78. The summed E-state index contributed by atoms with van der Waals surface area (Å²) in [5, 5.41) is 5.60. The van der Waals surface area contributed by atoms with Crippen LogP contribution in [0, 0.1) is 5.92 Å². The van der Waals surface area contributed by atoms with E-state index in [1.54, 1.807) is 5.38 Å². The second-order valence-electron chi connectivity index (χ2n) is 4.87. The van der Waals surface area contributed by atoms with Crippen molar-refractivity contribution < 1.29 is 9.53 Å². The summed E-state index contributed by atoms with van der Waals surface area (Å²) >= 11 is 1.43. The van der Waals surface area contributed by atoms with Crippen LogP contribution in [0.2, 0.25) is 0 Å². The minimum absolute atomic E-state index is 0.105. The molecule has 98 valence electrons. The van der Waals surface area contributed by atoms with Gasteiger partial charge in [0.15, 0.2) is 0 Å². The summed E-state index contributed by atoms with van der Waals surface area (Å²) in [6.45, 7) is 1.13. The maximum atomic E-state index is 12.1. The van der Waals surface area contributed by atoms with Crippen LogP contribution in [0.3, 0.4) is 0 Å². The van der Waals surface area contributed by atoms with Gasteiger partial charge < -0.3 is 15.8 Å². The van der Waals surface area contributed by atoms with E-state index in [1.807, 2.05) is 0 Å². The normalized spacial score (nSPS) is 27.4. The van der Waals surface area contributed by atoms with Gasteiger partial charge in [-0.2, -0.15) is 0 Å². The molecule has 2 unspecified atom stereocenters. The number of hydrogen-bond donors (Lipinski definition) is 2. The van der Waals surface area contributed by atoms with E-state index in [1.165, 1.54) is 24.2 Å². The highest BCUT2D eigenvalue weighted by Gasteiger charge is 2.41. The molecule has 1 amide bonds. The number of amides is 1. The standard InChI is InChI=1S/C12H17N3O2S/c13-5-10-14-9(6-18-10)12(16)15-8-3-4-17-11(8)7-1-2-7/h6-8,11H,1-5,13H2,(H,15,16). The summed E-state index contributed by atoms with van der Waals surface area (Å²) in [6, 6.07) is 0.146. The average molecular weight is 267 g/mol. The zero-order valence-electron chi connectivity index (χ0n) is 10.1. The minimum Gasteiger partial charge on any atom is -0.376 e. The molecule has 1 aliphatic heterocycles. The molecule has 3 rings (SSSR count). The van der Waals surface area contributed by atoms with Crippen LogP contribution in [0.1, 0.15) is 34.8 Å². The Kier molecular flexibility index (Phi) is 3.32. The van der Waals surface area contributed by atoms with E-state index in [2.05, 4.69) is 10.3 Å². The van der Waals surface area contributed by atoms with Crippen LogP contribution in [0.25, 0.3) is 0 Å². The van der Waals surface area contributed by atoms with Crippen LogP contribution >= 0.6 is 11.3 Å². The summed E-state index contributed by atoms with van der Waals surface area (Å²) in [5.41, 5.74) is 5.97. The fraction of sp³-hybridized carbons (Fsp3) is 0.667. The molecular weight excluding hydrogens is 250 g/mol. The summed E-state index contributed by atoms with van der Waals surface area (Å²) in [7, 11) is 0. The van der Waals surface area contributed by atoms with E-state index < -0.39 is 0 Å². The molecule has 1 saturated heterocycles. The second kappa shape index (κ2) is 4.95. The fourth-order valence-electron chi connectivity index (χ4n) is 2.41. The first-order valence-electron chi connectivity index (χ1n) is 6.35. The van der Waals surface area contributed by atoms with E-state index in [4.69, 9.17) is 10.5 Å². The number of hydrogen-bond acceptors (Lipinski definition) is 5. The third-order valence-corrected chi connectivity index (χ3v) is 4.37. The van der Waals surface area contributed by atoms with Crippen molar-refractivity contribution in [1.29, 1.82) is 0 Å². The van der Waals surface area contributed by atoms with Gasteiger partial charge in [-0.3, -0.25) is 4.79 Å². The van der Waals surface area contributed by atoms with Crippen LogP contribution < -0.4 is 11.1 Å². The second-order valence-corrected chi connectivity index (χ2v) is 5.81. The highest BCUT2D eigenvalue weighted by molar-refractivity contribution is 7.09. The Morgan fingerprint density at radius 2 is 2.39 bits per heavy atom. The quantitative estimate of drug-likeness (QED) is 0.849. The lowest BCUT2D eigenvalue weighted by atomic mass is 10.1. The van der Waals surface area contributed by atoms with Crippen LogP contribution in [0.15, 0.2) is 5.38 Å². The lowest BCUT2D eigenvalue weighted by molar-refractivity contribution is 0.0727. The van der Waals surface area contributed by atoms with E-state index in [0.29, 0.717) is 18.2 Å². The molecule has 1 aliphatic carbocycles. The van der Waals surface area contributed by atoms with Gasteiger partial charge in [0.25, 0.3) is 5.91 Å². The smallest absolute Gasteiger partial charge is 0.271 e. The number of carbonyl (C=O) groups excluding carboxylic acids is 1. The van der Waals surface area contributed by atoms with Crippen molar-refractivity contribution >= 4 is 17.2 Å². The monoisotopic (exact) mass is 267 g/mol. The molecule has 0 spiro atoms. The number of thiazole rings is 1. The molecule has 5 nitrogen and oxygen atoms in total. The number of ether oxygens (including phenoxy) is 1. The number of aromatic nitrogens is 1. The summed E-state index contributed by atoms with van der Waals surface area (Å²) < 4.78 is 5.70. The average Bonchev–Trinajstić information content (AvgIpc) is 2.93. The first-order valence-corrected chi connectivity index (χ1v) is 7.23. The Labute approximate surface area is 110 Å². The molecule has 2 fully saturated rings. The predicted octanol–water partition coefficient (Wildman–Crippen LogP) is 0.899. The van der Waals surface area contributed by atoms with Gasteiger partial charge in [-0.05, 0) is 25.2 Å². The molecule has 0 radical (unpaired) electrons. The van der Waals surface area contributed by atoms with Crippen molar-refractivity contribution in [3.05, 3.63) is 16.1 Å². The number of nitrogens with one attached hydrogen (secondary N) is 1. The Hall–Kier alpha value is -0.980. The SMILES string of the molecule is NCc1nc(C(=O)NC2CCOC2C2CC2)cs1. The topological polar surface area (TPSA) is 77.2 Å². The van der Waals surface area contributed by atoms with Crippen LogP contribution in [-0.4, -0.2) is 29.6 Å². The first kappa shape index (κ1) is 12.1. The van der Waals surface area contributed by atoms with Crippen molar-refractivity contribution in [2.75, 3.05) is 6.61 Å². The molecule has 2 atom stereocenters. The van der Waals surface area contributed by atoms with Crippen molar-refractivity contribution in [3.8, 4) is 0 Å². The number of carbonyl (C=O) groups is 1. The van der Waals surface area contributed by atoms with Gasteiger partial charge in [0.2, 0.25) is 0 Å². The summed E-state index contributed by atoms with van der Waals surface area (Å²) in [5.74, 6) is 0.542. The highest BCUT2D eigenvalue weighted by Crippen LogP contribution is 2.38. The van der Waals surface area contributed by atoms with Crippen LogP contribution in [-0.2, 0) is 11.3 Å². The Morgan fingerprint density at radius 1 is 1.56 bits per heavy atom. The summed E-state index contributed by atoms with van der Waals surface area (Å²) in [4.78, 5) is 16.3. The Bertz CT molecular complexity index is 444. The fourth-order valence-corrected chi connectivity index (χ4v) is 3.06. The van der Waals surface area contributed by atoms with Crippen LogP contribution in [0.5, 0.6) is 0 Å². The molecule has 2 aliphatic rings. The summed E-state index contributed by atoms with van der Waals surface area (Å²) in [6.07, 6.45) is 3.57. The largest absolute Gasteiger partial charge is 0.376 e. The van der Waals surface area contributed by atoms with Gasteiger partial charge in [-0.1, -0.05) is 0 Å². The molecule has 0 bridgehead atoms. The zero-order chi connectivity index (χ0) is 12.5. The molecule has 0 aromatic carbocycles. The van der Waals surface area contributed by atoms with Gasteiger partial charge in [-0.15, -0.1) is 11.3 Å². The zero-order valence-corrected chi connectivity index (χ0v) is 10.9. The predicted molar refractivity (Wildman–Crippen MR) is 68.3 cm³/mol. The minimum atomic E-state index is -0.105. The molecule has 1 saturated carbocycles. The molecule has 3 N–H and O–H groups in total. The molecule has 18 heavy (non-hydrogen) atoms. The van der Waals surface area contributed by atoms with E-state index in [0.717, 1.165) is 18.0 Å². The van der Waals surface area contributed by atoms with E-state index >= 15 is 0 Å². The molecule has 1 aromatic rings. The van der Waals surface area contributed by atoms with Gasteiger partial charge >= 0.3 is 0 Å². The third kappa shape index (κ3) is 2.41. The van der Waals surface area contributed by atoms with Gasteiger partial charge in [0.05, 0.1) is 12.1 Å². The van der Waals surface area contributed by atoms with Crippen molar-refractivity contribution in [2.45, 2.75) is 38.0 Å². The molecule has 2 heterocycles. The lowest BCUT2D eigenvalue weighted by Gasteiger charge is -2.18. The Balaban J connectivity index is 1.62. The number of rotatable bonds is 4. The molecule has 6 heteroatoms. The van der Waals surface area contributed by atoms with E-state index in [9.17, 15) is 4.79 Å². The maximum Gasteiger partial charge on any atom is 0.271 e. The van der Waals surface area contributed by atoms with Crippen molar-refractivity contribution in [1.82, 2.24) is 10.3 Å². The lowest BCUT2D eigenvalue weighted by Crippen LogP contribution is -2.41. The molecule has 1 aromatic heterocycles. The van der Waals surface area contributed by atoms with E-state index in [-0.39, 0.29) is 18.1 Å². The van der Waals surface area contributed by atoms with Gasteiger partial charge in [0.1, 0.15) is 10.7 Å². The van der Waals surface area contributed by atoms with Crippen molar-refractivity contribution in [2.24, 2.45) is 11.7 Å². The van der Waals surface area contributed by atoms with Crippen molar-refractivity contribution in [3.63, 3.8) is 0 Å². The third-order valence-electron chi connectivity index (χ3n) is 3.50.